The fourth-order valence-electron chi connectivity index (χ4n) is 1.93. The second-order valence-corrected chi connectivity index (χ2v) is 5.03. The third kappa shape index (κ3) is 6.97. The highest BCUT2D eigenvalue weighted by molar-refractivity contribution is 4.63. The lowest BCUT2D eigenvalue weighted by Crippen LogP contribution is -2.35. The van der Waals surface area contributed by atoms with Gasteiger partial charge in [0.05, 0.1) is 26.4 Å². The van der Waals surface area contributed by atoms with Gasteiger partial charge in [0.1, 0.15) is 12.2 Å². The Morgan fingerprint density at radius 3 is 1.95 bits per heavy atom. The first-order valence-corrected chi connectivity index (χ1v) is 7.48. The molecule has 120 valence electrons. The number of aliphatic hydroxyl groups excluding tert-OH is 2. The van der Waals surface area contributed by atoms with Crippen molar-refractivity contribution in [1.29, 1.82) is 0 Å². The van der Waals surface area contributed by atoms with Crippen LogP contribution in [0.4, 0.5) is 0 Å². The van der Waals surface area contributed by atoms with Gasteiger partial charge >= 0.3 is 0 Å². The van der Waals surface area contributed by atoms with E-state index in [9.17, 15) is 0 Å². The summed E-state index contributed by atoms with van der Waals surface area (Å²) in [5.74, 6) is 0. The van der Waals surface area contributed by atoms with Crippen LogP contribution in [-0.2, 0) is 18.9 Å². The summed E-state index contributed by atoms with van der Waals surface area (Å²) in [4.78, 5) is 0. The first-order chi connectivity index (χ1) is 9.69. The molecule has 0 aromatic heterocycles. The molecule has 2 atom stereocenters. The van der Waals surface area contributed by atoms with Crippen molar-refractivity contribution in [3.8, 4) is 0 Å². The summed E-state index contributed by atoms with van der Waals surface area (Å²) < 4.78 is 20.8. The third-order valence-corrected chi connectivity index (χ3v) is 3.01. The molecule has 2 fully saturated rings. The summed E-state index contributed by atoms with van der Waals surface area (Å²) in [5.41, 5.74) is 0. The van der Waals surface area contributed by atoms with Crippen molar-refractivity contribution >= 4 is 0 Å². The van der Waals surface area contributed by atoms with Gasteiger partial charge in [-0.05, 0) is 12.8 Å². The molecule has 6 nitrogen and oxygen atoms in total. The molecular formula is C14H28O6. The molecule has 2 N–H and O–H groups in total. The lowest BCUT2D eigenvalue weighted by Gasteiger charge is -2.26. The minimum absolute atomic E-state index is 0.0675. The van der Waals surface area contributed by atoms with Gasteiger partial charge in [-0.2, -0.15) is 0 Å². The van der Waals surface area contributed by atoms with Crippen LogP contribution in [0, 0.1) is 0 Å². The molecule has 2 rings (SSSR count). The Labute approximate surface area is 121 Å². The maximum atomic E-state index is 8.95. The predicted molar refractivity (Wildman–Crippen MR) is 73.2 cm³/mol. The summed E-state index contributed by atoms with van der Waals surface area (Å²) in [6.07, 6.45) is 3.31. The van der Waals surface area contributed by atoms with Crippen LogP contribution in [0.2, 0.25) is 0 Å². The van der Waals surface area contributed by atoms with Gasteiger partial charge in [-0.1, -0.05) is 26.7 Å². The Morgan fingerprint density at radius 2 is 1.45 bits per heavy atom. The van der Waals surface area contributed by atoms with Crippen molar-refractivity contribution < 1.29 is 29.2 Å². The smallest absolute Gasteiger partial charge is 0.158 e. The van der Waals surface area contributed by atoms with Crippen molar-refractivity contribution in [3.05, 3.63) is 0 Å². The normalized spacial score (nSPS) is 33.6. The zero-order valence-corrected chi connectivity index (χ0v) is 12.5. The first kappa shape index (κ1) is 17.8. The standard InChI is InChI=1S/2C7H14O3/c1-2-3-7-9-4-6(8)5-10-7;1-2-3-7-9-5-6(4-8)10-7/h2*6-8H,2-5H2,1H3. The maximum absolute atomic E-state index is 8.95. The van der Waals surface area contributed by atoms with Crippen LogP contribution in [0.3, 0.4) is 0 Å². The van der Waals surface area contributed by atoms with Gasteiger partial charge < -0.3 is 29.2 Å². The summed E-state index contributed by atoms with van der Waals surface area (Å²) >= 11 is 0. The average molecular weight is 292 g/mol. The van der Waals surface area contributed by atoms with E-state index in [2.05, 4.69) is 13.8 Å². The Hall–Kier alpha value is -0.240. The largest absolute Gasteiger partial charge is 0.394 e. The Kier molecular flexibility index (Phi) is 9.33. The maximum Gasteiger partial charge on any atom is 0.158 e. The number of hydrogen-bond donors (Lipinski definition) is 2. The van der Waals surface area contributed by atoms with Crippen molar-refractivity contribution in [1.82, 2.24) is 0 Å². The zero-order valence-electron chi connectivity index (χ0n) is 12.5. The minimum Gasteiger partial charge on any atom is -0.394 e. The summed E-state index contributed by atoms with van der Waals surface area (Å²) in [7, 11) is 0. The number of aliphatic hydroxyl groups is 2. The predicted octanol–water partition coefficient (Wildman–Crippen LogP) is 1.04. The molecule has 2 aliphatic heterocycles. The first-order valence-electron chi connectivity index (χ1n) is 7.48. The summed E-state index contributed by atoms with van der Waals surface area (Å²) in [6, 6.07) is 0. The van der Waals surface area contributed by atoms with Crippen LogP contribution in [0.1, 0.15) is 39.5 Å². The molecule has 0 bridgehead atoms. The molecule has 2 aliphatic rings. The van der Waals surface area contributed by atoms with E-state index in [1.165, 1.54) is 0 Å². The number of rotatable bonds is 5. The summed E-state index contributed by atoms with van der Waals surface area (Å²) in [5, 5.41) is 17.6. The molecule has 2 saturated heterocycles. The second-order valence-electron chi connectivity index (χ2n) is 5.03. The molecule has 0 amide bonds. The third-order valence-electron chi connectivity index (χ3n) is 3.01. The van der Waals surface area contributed by atoms with Crippen molar-refractivity contribution in [3.63, 3.8) is 0 Å². The Morgan fingerprint density at radius 1 is 0.900 bits per heavy atom. The van der Waals surface area contributed by atoms with Crippen LogP contribution < -0.4 is 0 Å². The molecule has 20 heavy (non-hydrogen) atoms. The molecule has 0 aromatic rings. The quantitative estimate of drug-likeness (QED) is 0.788. The van der Waals surface area contributed by atoms with Gasteiger partial charge in [0.25, 0.3) is 0 Å². The topological polar surface area (TPSA) is 77.4 Å². The van der Waals surface area contributed by atoms with Crippen molar-refractivity contribution in [2.45, 2.75) is 64.3 Å². The summed E-state index contributed by atoms with van der Waals surface area (Å²) in [6.45, 7) is 5.62. The van der Waals surface area contributed by atoms with E-state index in [4.69, 9.17) is 29.2 Å². The van der Waals surface area contributed by atoms with Gasteiger partial charge in [-0.25, -0.2) is 0 Å². The van der Waals surface area contributed by atoms with Crippen LogP contribution in [0.25, 0.3) is 0 Å². The minimum atomic E-state index is -0.423. The van der Waals surface area contributed by atoms with Gasteiger partial charge in [-0.15, -0.1) is 0 Å². The van der Waals surface area contributed by atoms with E-state index in [1.54, 1.807) is 0 Å². The Balaban J connectivity index is 0.000000200. The molecule has 2 unspecified atom stereocenters. The fourth-order valence-corrected chi connectivity index (χ4v) is 1.93. The van der Waals surface area contributed by atoms with E-state index < -0.39 is 6.10 Å². The highest BCUT2D eigenvalue weighted by Gasteiger charge is 2.23. The monoisotopic (exact) mass is 292 g/mol. The van der Waals surface area contributed by atoms with E-state index in [0.717, 1.165) is 25.7 Å². The van der Waals surface area contributed by atoms with Gasteiger partial charge in [0.2, 0.25) is 0 Å². The van der Waals surface area contributed by atoms with Crippen molar-refractivity contribution in [2.24, 2.45) is 0 Å². The average Bonchev–Trinajstić information content (AvgIpc) is 2.91. The molecule has 0 radical (unpaired) electrons. The lowest BCUT2D eigenvalue weighted by molar-refractivity contribution is -0.218. The van der Waals surface area contributed by atoms with E-state index >= 15 is 0 Å². The van der Waals surface area contributed by atoms with Gasteiger partial charge in [-0.3, -0.25) is 0 Å². The highest BCUT2D eigenvalue weighted by atomic mass is 16.7. The SMILES string of the molecule is CCCC1OCC(CO)O1.CCCC1OCC(O)CO1. The van der Waals surface area contributed by atoms with Crippen molar-refractivity contribution in [2.75, 3.05) is 26.4 Å². The fraction of sp³-hybridized carbons (Fsp3) is 1.00. The van der Waals surface area contributed by atoms with Gasteiger partial charge in [0.15, 0.2) is 12.6 Å². The van der Waals surface area contributed by atoms with Gasteiger partial charge in [0, 0.05) is 0 Å². The molecule has 0 aliphatic carbocycles. The second kappa shape index (κ2) is 10.5. The van der Waals surface area contributed by atoms with E-state index in [0.29, 0.717) is 19.8 Å². The van der Waals surface area contributed by atoms with Crippen LogP contribution in [0.5, 0.6) is 0 Å². The molecule has 0 saturated carbocycles. The zero-order chi connectivity index (χ0) is 14.8. The highest BCUT2D eigenvalue weighted by Crippen LogP contribution is 2.14. The van der Waals surface area contributed by atoms with E-state index in [-0.39, 0.29) is 25.3 Å². The number of ether oxygens (including phenoxy) is 4. The number of hydrogen-bond acceptors (Lipinski definition) is 6. The molecule has 6 heteroatoms. The molecule has 0 spiro atoms. The van der Waals surface area contributed by atoms with Crippen LogP contribution >= 0.6 is 0 Å². The molecule has 0 aromatic carbocycles. The van der Waals surface area contributed by atoms with Crippen LogP contribution in [-0.4, -0.2) is 61.4 Å². The lowest BCUT2D eigenvalue weighted by atomic mass is 10.3. The Bertz CT molecular complexity index is 226. The van der Waals surface area contributed by atoms with Crippen LogP contribution in [0.15, 0.2) is 0 Å². The molecular weight excluding hydrogens is 264 g/mol. The van der Waals surface area contributed by atoms with E-state index in [1.807, 2.05) is 0 Å². The molecule has 2 heterocycles.